The minimum Gasteiger partial charge on any atom is -0.505 e. The van der Waals surface area contributed by atoms with Gasteiger partial charge in [-0.05, 0) is 30.5 Å². The molecule has 27 heavy (non-hydrogen) atoms. The summed E-state index contributed by atoms with van der Waals surface area (Å²) in [4.78, 5) is 22.9. The molecule has 6 heteroatoms. The number of carbonyl (C=O) groups excluding carboxylic acids is 1. The SMILES string of the molecule is O=C(c1ncccc1O)N1CCC[C@@H](c2ncc(Cc3ccccc3)o2)C1. The minimum absolute atomic E-state index is 0.0538. The van der Waals surface area contributed by atoms with Crippen molar-refractivity contribution in [2.45, 2.75) is 25.2 Å². The summed E-state index contributed by atoms with van der Waals surface area (Å²) in [6.07, 6.45) is 5.76. The van der Waals surface area contributed by atoms with Crippen LogP contribution in [0.5, 0.6) is 5.75 Å². The Bertz CT molecular complexity index is 923. The zero-order chi connectivity index (χ0) is 18.6. The van der Waals surface area contributed by atoms with Gasteiger partial charge in [-0.15, -0.1) is 0 Å². The number of rotatable bonds is 4. The van der Waals surface area contributed by atoms with Gasteiger partial charge >= 0.3 is 0 Å². The summed E-state index contributed by atoms with van der Waals surface area (Å²) in [5.41, 5.74) is 1.27. The van der Waals surface area contributed by atoms with Crippen molar-refractivity contribution < 1.29 is 14.3 Å². The topological polar surface area (TPSA) is 79.5 Å². The second-order valence-corrected chi connectivity index (χ2v) is 6.79. The van der Waals surface area contributed by atoms with Gasteiger partial charge in [0.1, 0.15) is 11.5 Å². The number of piperidine rings is 1. The highest BCUT2D eigenvalue weighted by Gasteiger charge is 2.29. The fraction of sp³-hybridized carbons (Fsp3) is 0.286. The maximum atomic E-state index is 12.7. The second-order valence-electron chi connectivity index (χ2n) is 6.79. The highest BCUT2D eigenvalue weighted by atomic mass is 16.4. The van der Waals surface area contributed by atoms with Gasteiger partial charge in [-0.1, -0.05) is 30.3 Å². The molecular weight excluding hydrogens is 342 g/mol. The monoisotopic (exact) mass is 363 g/mol. The Kier molecular flexibility index (Phi) is 4.87. The van der Waals surface area contributed by atoms with Crippen molar-refractivity contribution in [2.24, 2.45) is 0 Å². The molecule has 6 nitrogen and oxygen atoms in total. The van der Waals surface area contributed by atoms with Gasteiger partial charge in [0.2, 0.25) is 0 Å². The molecule has 1 aliphatic rings. The number of aromatic nitrogens is 2. The van der Waals surface area contributed by atoms with Crippen molar-refractivity contribution in [2.75, 3.05) is 13.1 Å². The van der Waals surface area contributed by atoms with Gasteiger partial charge in [0.25, 0.3) is 5.91 Å². The van der Waals surface area contributed by atoms with E-state index in [1.807, 2.05) is 18.2 Å². The lowest BCUT2D eigenvalue weighted by Crippen LogP contribution is -2.39. The summed E-state index contributed by atoms with van der Waals surface area (Å²) in [6, 6.07) is 13.2. The zero-order valence-corrected chi connectivity index (χ0v) is 14.9. The zero-order valence-electron chi connectivity index (χ0n) is 14.9. The molecule has 1 fully saturated rings. The van der Waals surface area contributed by atoms with Crippen molar-refractivity contribution in [3.8, 4) is 5.75 Å². The molecule has 0 spiro atoms. The Morgan fingerprint density at radius 3 is 2.85 bits per heavy atom. The third-order valence-corrected chi connectivity index (χ3v) is 4.84. The van der Waals surface area contributed by atoms with E-state index >= 15 is 0 Å². The molecule has 1 atom stereocenters. The fourth-order valence-corrected chi connectivity index (χ4v) is 3.46. The number of benzene rings is 1. The normalized spacial score (nSPS) is 17.0. The maximum Gasteiger partial charge on any atom is 0.276 e. The van der Waals surface area contributed by atoms with Crippen LogP contribution in [0.1, 0.15) is 46.5 Å². The molecule has 3 heterocycles. The van der Waals surface area contributed by atoms with Gasteiger partial charge in [-0.25, -0.2) is 9.97 Å². The third kappa shape index (κ3) is 3.84. The Hall–Kier alpha value is -3.15. The first kappa shape index (κ1) is 17.3. The van der Waals surface area contributed by atoms with Crippen molar-refractivity contribution in [1.82, 2.24) is 14.9 Å². The van der Waals surface area contributed by atoms with Crippen molar-refractivity contribution in [3.63, 3.8) is 0 Å². The van der Waals surface area contributed by atoms with Crippen LogP contribution in [0.15, 0.2) is 59.3 Å². The second kappa shape index (κ2) is 7.61. The van der Waals surface area contributed by atoms with E-state index in [2.05, 4.69) is 22.1 Å². The van der Waals surface area contributed by atoms with Gasteiger partial charge in [0, 0.05) is 25.7 Å². The molecule has 1 N–H and O–H groups in total. The average Bonchev–Trinajstić information content (AvgIpc) is 3.17. The summed E-state index contributed by atoms with van der Waals surface area (Å²) in [6.45, 7) is 1.16. The van der Waals surface area contributed by atoms with E-state index in [1.165, 1.54) is 17.8 Å². The molecule has 0 saturated carbocycles. The van der Waals surface area contributed by atoms with E-state index in [4.69, 9.17) is 4.42 Å². The van der Waals surface area contributed by atoms with Crippen LogP contribution in [0.3, 0.4) is 0 Å². The van der Waals surface area contributed by atoms with Crippen molar-refractivity contribution in [3.05, 3.63) is 77.8 Å². The van der Waals surface area contributed by atoms with Crippen molar-refractivity contribution >= 4 is 5.91 Å². The number of hydrogen-bond acceptors (Lipinski definition) is 5. The quantitative estimate of drug-likeness (QED) is 0.769. The van der Waals surface area contributed by atoms with E-state index in [-0.39, 0.29) is 23.3 Å². The van der Waals surface area contributed by atoms with Gasteiger partial charge in [0.05, 0.1) is 12.1 Å². The molecule has 2 aromatic heterocycles. The van der Waals surface area contributed by atoms with E-state index < -0.39 is 0 Å². The highest BCUT2D eigenvalue weighted by molar-refractivity contribution is 5.94. The number of oxazole rings is 1. The molecule has 1 amide bonds. The van der Waals surface area contributed by atoms with E-state index in [0.717, 1.165) is 18.6 Å². The van der Waals surface area contributed by atoms with Crippen LogP contribution in [0.25, 0.3) is 0 Å². The average molecular weight is 363 g/mol. The summed E-state index contributed by atoms with van der Waals surface area (Å²) in [7, 11) is 0. The van der Waals surface area contributed by atoms with Crippen LogP contribution >= 0.6 is 0 Å². The number of likely N-dealkylation sites (tertiary alicyclic amines) is 1. The lowest BCUT2D eigenvalue weighted by atomic mass is 9.97. The van der Waals surface area contributed by atoms with Crippen LogP contribution in [0.2, 0.25) is 0 Å². The molecule has 3 aromatic rings. The van der Waals surface area contributed by atoms with Crippen LogP contribution < -0.4 is 0 Å². The molecule has 0 unspecified atom stereocenters. The Labute approximate surface area is 157 Å². The maximum absolute atomic E-state index is 12.7. The van der Waals surface area contributed by atoms with E-state index in [9.17, 15) is 9.90 Å². The molecule has 0 radical (unpaired) electrons. The first-order chi connectivity index (χ1) is 13.2. The largest absolute Gasteiger partial charge is 0.505 e. The summed E-state index contributed by atoms with van der Waals surface area (Å²) >= 11 is 0. The predicted octanol–water partition coefficient (Wildman–Crippen LogP) is 3.39. The van der Waals surface area contributed by atoms with E-state index in [1.54, 1.807) is 17.2 Å². The first-order valence-electron chi connectivity index (χ1n) is 9.12. The minimum atomic E-state index is -0.256. The van der Waals surface area contributed by atoms with Crippen LogP contribution in [0.4, 0.5) is 0 Å². The van der Waals surface area contributed by atoms with Crippen LogP contribution in [0, 0.1) is 0 Å². The Morgan fingerprint density at radius 1 is 1.19 bits per heavy atom. The number of hydrogen-bond donors (Lipinski definition) is 1. The molecule has 1 saturated heterocycles. The number of amides is 1. The predicted molar refractivity (Wildman–Crippen MR) is 99.5 cm³/mol. The fourth-order valence-electron chi connectivity index (χ4n) is 3.46. The lowest BCUT2D eigenvalue weighted by Gasteiger charge is -2.31. The number of nitrogens with zero attached hydrogens (tertiary/aromatic N) is 3. The first-order valence-corrected chi connectivity index (χ1v) is 9.12. The van der Waals surface area contributed by atoms with Gasteiger partial charge in [0.15, 0.2) is 11.6 Å². The molecule has 4 rings (SSSR count). The highest BCUT2D eigenvalue weighted by Crippen LogP contribution is 2.28. The molecular formula is C21H21N3O3. The van der Waals surface area contributed by atoms with Crippen LogP contribution in [-0.2, 0) is 6.42 Å². The van der Waals surface area contributed by atoms with Gasteiger partial charge in [-0.2, -0.15) is 0 Å². The Morgan fingerprint density at radius 2 is 2.04 bits per heavy atom. The van der Waals surface area contributed by atoms with E-state index in [0.29, 0.717) is 25.4 Å². The number of carbonyl (C=O) groups is 1. The smallest absolute Gasteiger partial charge is 0.276 e. The van der Waals surface area contributed by atoms with Gasteiger partial charge in [-0.3, -0.25) is 4.79 Å². The number of pyridine rings is 1. The summed E-state index contributed by atoms with van der Waals surface area (Å²) < 4.78 is 5.97. The summed E-state index contributed by atoms with van der Waals surface area (Å²) in [5, 5.41) is 9.90. The molecule has 1 aliphatic heterocycles. The standard InChI is InChI=1S/C21H21N3O3/c25-18-9-4-10-22-19(18)21(26)24-11-5-8-16(14-24)20-23-13-17(27-20)12-15-6-2-1-3-7-15/h1-4,6-7,9-10,13,16,25H,5,8,11-12,14H2/t16-/m1/s1. The molecule has 0 aliphatic carbocycles. The van der Waals surface area contributed by atoms with Crippen molar-refractivity contribution in [1.29, 1.82) is 0 Å². The molecule has 1 aromatic carbocycles. The van der Waals surface area contributed by atoms with Crippen LogP contribution in [-0.4, -0.2) is 39.0 Å². The van der Waals surface area contributed by atoms with Gasteiger partial charge < -0.3 is 14.4 Å². The number of aromatic hydroxyl groups is 1. The molecule has 138 valence electrons. The third-order valence-electron chi connectivity index (χ3n) is 4.84. The summed E-state index contributed by atoms with van der Waals surface area (Å²) in [5.74, 6) is 1.20. The lowest BCUT2D eigenvalue weighted by molar-refractivity contribution is 0.0688. The Balaban J connectivity index is 1.46. The molecule has 0 bridgehead atoms.